The summed E-state index contributed by atoms with van der Waals surface area (Å²) >= 11 is 1.59. The summed E-state index contributed by atoms with van der Waals surface area (Å²) in [6.07, 6.45) is 3.73. The molecule has 1 heterocycles. The fraction of sp³-hybridized carbons (Fsp3) is 0.421. The van der Waals surface area contributed by atoms with Gasteiger partial charge >= 0.3 is 5.97 Å². The lowest BCUT2D eigenvalue weighted by Crippen LogP contribution is -2.40. The van der Waals surface area contributed by atoms with Gasteiger partial charge in [0.05, 0.1) is 17.5 Å². The van der Waals surface area contributed by atoms with Gasteiger partial charge in [0.15, 0.2) is 0 Å². The number of aromatic nitrogens is 1. The Labute approximate surface area is 151 Å². The minimum atomic E-state index is -0.855. The molecule has 132 valence electrons. The minimum absolute atomic E-state index is 0.134. The van der Waals surface area contributed by atoms with Gasteiger partial charge < -0.3 is 10.4 Å². The molecule has 0 bridgehead atoms. The molecular weight excluding hydrogens is 336 g/mol. The van der Waals surface area contributed by atoms with Gasteiger partial charge in [-0.2, -0.15) is 0 Å². The molecule has 0 unspecified atom stereocenters. The van der Waals surface area contributed by atoms with Gasteiger partial charge in [-0.25, -0.2) is 4.98 Å². The van der Waals surface area contributed by atoms with Crippen LogP contribution in [-0.2, 0) is 16.0 Å². The highest BCUT2D eigenvalue weighted by atomic mass is 32.1. The van der Waals surface area contributed by atoms with Crippen LogP contribution in [0, 0.1) is 11.8 Å². The van der Waals surface area contributed by atoms with E-state index >= 15 is 0 Å². The fourth-order valence-corrected chi connectivity index (χ4v) is 4.18. The van der Waals surface area contributed by atoms with Crippen LogP contribution >= 0.6 is 11.3 Å². The Morgan fingerprint density at radius 1 is 1.16 bits per heavy atom. The van der Waals surface area contributed by atoms with Gasteiger partial charge in [-0.3, -0.25) is 9.59 Å². The third kappa shape index (κ3) is 4.45. The highest BCUT2D eigenvalue weighted by Gasteiger charge is 2.35. The van der Waals surface area contributed by atoms with Crippen LogP contribution in [0.2, 0.25) is 0 Å². The van der Waals surface area contributed by atoms with Crippen molar-refractivity contribution in [2.75, 3.05) is 6.54 Å². The number of thiazole rings is 1. The minimum Gasteiger partial charge on any atom is -0.481 e. The number of hydrogen-bond donors (Lipinski definition) is 2. The number of carbonyl (C=O) groups is 2. The summed E-state index contributed by atoms with van der Waals surface area (Å²) in [5.74, 6) is -1.93. The summed E-state index contributed by atoms with van der Waals surface area (Å²) < 4.78 is 0. The molecule has 25 heavy (non-hydrogen) atoms. The Balaban J connectivity index is 1.52. The maximum absolute atomic E-state index is 12.3. The highest BCUT2D eigenvalue weighted by Crippen LogP contribution is 2.30. The lowest BCUT2D eigenvalue weighted by molar-refractivity contribution is -0.148. The zero-order valence-corrected chi connectivity index (χ0v) is 14.8. The summed E-state index contributed by atoms with van der Waals surface area (Å²) in [6, 6.07) is 10.0. The van der Waals surface area contributed by atoms with E-state index in [0.29, 0.717) is 25.8 Å². The third-order valence-corrected chi connectivity index (χ3v) is 5.61. The van der Waals surface area contributed by atoms with Crippen molar-refractivity contribution in [1.82, 2.24) is 10.3 Å². The van der Waals surface area contributed by atoms with E-state index in [-0.39, 0.29) is 5.91 Å². The number of nitrogens with one attached hydrogen (secondary N) is 1. The fourth-order valence-electron chi connectivity index (χ4n) is 3.32. The van der Waals surface area contributed by atoms with E-state index in [4.69, 9.17) is 0 Å². The molecule has 0 saturated heterocycles. The van der Waals surface area contributed by atoms with Gasteiger partial charge in [-0.05, 0) is 12.8 Å². The Kier molecular flexibility index (Phi) is 5.81. The average molecular weight is 358 g/mol. The first kappa shape index (κ1) is 17.6. The molecule has 3 rings (SSSR count). The molecule has 0 aliphatic heterocycles. The van der Waals surface area contributed by atoms with Crippen LogP contribution < -0.4 is 5.32 Å². The monoisotopic (exact) mass is 358 g/mol. The molecule has 5 nitrogen and oxygen atoms in total. The van der Waals surface area contributed by atoms with Crippen molar-refractivity contribution in [2.24, 2.45) is 11.8 Å². The highest BCUT2D eigenvalue weighted by molar-refractivity contribution is 7.13. The molecule has 1 aromatic heterocycles. The number of amides is 1. The van der Waals surface area contributed by atoms with Crippen molar-refractivity contribution in [2.45, 2.75) is 32.1 Å². The molecule has 2 aromatic rings. The van der Waals surface area contributed by atoms with Gasteiger partial charge in [0, 0.05) is 23.9 Å². The molecule has 1 fully saturated rings. The summed E-state index contributed by atoms with van der Waals surface area (Å²) in [7, 11) is 0. The Hall–Kier alpha value is -2.21. The lowest BCUT2D eigenvalue weighted by Gasteiger charge is -2.27. The van der Waals surface area contributed by atoms with Gasteiger partial charge in [0.1, 0.15) is 5.01 Å². The van der Waals surface area contributed by atoms with Crippen molar-refractivity contribution >= 4 is 23.2 Å². The standard InChI is InChI=1S/C19H22N2O3S/c22-17(15-8-4-5-9-16(15)19(23)24)20-11-10-14-12-25-18(21-14)13-6-2-1-3-7-13/h1-3,6-7,12,15-16H,4-5,8-11H2,(H,20,22)(H,23,24)/t15-,16+/m0/s1. The molecule has 2 atom stereocenters. The van der Waals surface area contributed by atoms with E-state index in [1.54, 1.807) is 11.3 Å². The Bertz CT molecular complexity index is 729. The van der Waals surface area contributed by atoms with Gasteiger partial charge in [-0.1, -0.05) is 43.2 Å². The van der Waals surface area contributed by atoms with Gasteiger partial charge in [-0.15, -0.1) is 11.3 Å². The van der Waals surface area contributed by atoms with E-state index in [1.165, 1.54) is 0 Å². The van der Waals surface area contributed by atoms with Crippen molar-refractivity contribution in [3.05, 3.63) is 41.4 Å². The van der Waals surface area contributed by atoms with Crippen LogP contribution in [0.3, 0.4) is 0 Å². The first-order valence-electron chi connectivity index (χ1n) is 8.65. The number of carbonyl (C=O) groups excluding carboxylic acids is 1. The largest absolute Gasteiger partial charge is 0.481 e. The van der Waals surface area contributed by atoms with Crippen LogP contribution in [0.4, 0.5) is 0 Å². The maximum Gasteiger partial charge on any atom is 0.307 e. The second kappa shape index (κ2) is 8.25. The van der Waals surface area contributed by atoms with Crippen LogP contribution in [-0.4, -0.2) is 28.5 Å². The molecule has 1 aliphatic rings. The summed E-state index contributed by atoms with van der Waals surface area (Å²) in [6.45, 7) is 0.486. The molecule has 1 saturated carbocycles. The zero-order chi connectivity index (χ0) is 17.6. The molecule has 0 spiro atoms. The average Bonchev–Trinajstić information content (AvgIpc) is 3.11. The first-order valence-corrected chi connectivity index (χ1v) is 9.53. The molecule has 1 aliphatic carbocycles. The van der Waals surface area contributed by atoms with E-state index in [2.05, 4.69) is 10.3 Å². The number of carboxylic acids is 1. The topological polar surface area (TPSA) is 79.3 Å². The first-order chi connectivity index (χ1) is 12.1. The molecule has 2 N–H and O–H groups in total. The second-order valence-electron chi connectivity index (χ2n) is 6.39. The molecule has 1 amide bonds. The lowest BCUT2D eigenvalue weighted by atomic mass is 9.78. The van der Waals surface area contributed by atoms with Crippen LogP contribution in [0.25, 0.3) is 10.6 Å². The number of hydrogen-bond acceptors (Lipinski definition) is 4. The van der Waals surface area contributed by atoms with E-state index in [0.717, 1.165) is 29.1 Å². The zero-order valence-electron chi connectivity index (χ0n) is 14.0. The Morgan fingerprint density at radius 2 is 1.88 bits per heavy atom. The smallest absolute Gasteiger partial charge is 0.307 e. The predicted octanol–water partition coefficient (Wildman–Crippen LogP) is 3.36. The van der Waals surface area contributed by atoms with Crippen molar-refractivity contribution in [1.29, 1.82) is 0 Å². The van der Waals surface area contributed by atoms with E-state index in [1.807, 2.05) is 35.7 Å². The molecular formula is C19H22N2O3S. The quantitative estimate of drug-likeness (QED) is 0.830. The second-order valence-corrected chi connectivity index (χ2v) is 7.24. The normalized spacial score (nSPS) is 20.2. The number of carboxylic acid groups (broad SMARTS) is 1. The van der Waals surface area contributed by atoms with Crippen molar-refractivity contribution in [3.8, 4) is 10.6 Å². The van der Waals surface area contributed by atoms with Crippen molar-refractivity contribution < 1.29 is 14.7 Å². The van der Waals surface area contributed by atoms with Crippen molar-refractivity contribution in [3.63, 3.8) is 0 Å². The number of benzene rings is 1. The van der Waals surface area contributed by atoms with Crippen LogP contribution in [0.5, 0.6) is 0 Å². The predicted molar refractivity (Wildman–Crippen MR) is 97.3 cm³/mol. The summed E-state index contributed by atoms with van der Waals surface area (Å²) in [5, 5.41) is 15.2. The van der Waals surface area contributed by atoms with Crippen LogP contribution in [0.1, 0.15) is 31.4 Å². The number of aliphatic carboxylic acids is 1. The number of rotatable bonds is 6. The molecule has 6 heteroatoms. The summed E-state index contributed by atoms with van der Waals surface area (Å²) in [5.41, 5.74) is 2.04. The third-order valence-electron chi connectivity index (χ3n) is 4.67. The maximum atomic E-state index is 12.3. The van der Waals surface area contributed by atoms with E-state index < -0.39 is 17.8 Å². The van der Waals surface area contributed by atoms with Gasteiger partial charge in [0.25, 0.3) is 0 Å². The Morgan fingerprint density at radius 3 is 2.60 bits per heavy atom. The molecule has 1 aromatic carbocycles. The van der Waals surface area contributed by atoms with Crippen LogP contribution in [0.15, 0.2) is 35.7 Å². The van der Waals surface area contributed by atoms with Gasteiger partial charge in [0.2, 0.25) is 5.91 Å². The number of nitrogens with zero attached hydrogens (tertiary/aromatic N) is 1. The van der Waals surface area contributed by atoms with E-state index in [9.17, 15) is 14.7 Å². The molecule has 0 radical (unpaired) electrons. The summed E-state index contributed by atoms with van der Waals surface area (Å²) in [4.78, 5) is 28.3. The SMILES string of the molecule is O=C(NCCc1csc(-c2ccccc2)n1)[C@H]1CCCC[C@H]1C(=O)O.